The van der Waals surface area contributed by atoms with Gasteiger partial charge in [0.05, 0.1) is 6.10 Å². The average molecular weight is 420 g/mol. The number of nitrogens with one attached hydrogen (secondary N) is 2. The third-order valence-corrected chi connectivity index (χ3v) is 6.21. The summed E-state index contributed by atoms with van der Waals surface area (Å²) in [6.45, 7) is 2.60. The lowest BCUT2D eigenvalue weighted by atomic mass is 9.87. The Labute approximate surface area is 182 Å². The van der Waals surface area contributed by atoms with Gasteiger partial charge < -0.3 is 20.3 Å². The Morgan fingerprint density at radius 1 is 1.10 bits per heavy atom. The molecule has 1 aromatic heterocycles. The van der Waals surface area contributed by atoms with E-state index in [9.17, 15) is 14.7 Å². The summed E-state index contributed by atoms with van der Waals surface area (Å²) in [4.78, 5) is 30.1. The molecule has 1 aliphatic rings. The van der Waals surface area contributed by atoms with Gasteiger partial charge in [0.2, 0.25) is 11.8 Å². The zero-order valence-electron chi connectivity index (χ0n) is 17.8. The zero-order valence-corrected chi connectivity index (χ0v) is 17.8. The fourth-order valence-corrected chi connectivity index (χ4v) is 4.54. The Kier molecular flexibility index (Phi) is 6.37. The van der Waals surface area contributed by atoms with Crippen molar-refractivity contribution in [1.29, 1.82) is 0 Å². The highest BCUT2D eigenvalue weighted by atomic mass is 16.3. The number of aromatic nitrogens is 1. The van der Waals surface area contributed by atoms with Crippen LogP contribution in [0.4, 0.5) is 0 Å². The highest BCUT2D eigenvalue weighted by Gasteiger charge is 2.32. The van der Waals surface area contributed by atoms with E-state index >= 15 is 0 Å². The van der Waals surface area contributed by atoms with Gasteiger partial charge >= 0.3 is 0 Å². The molecule has 0 radical (unpaired) electrons. The lowest BCUT2D eigenvalue weighted by Gasteiger charge is -2.36. The second-order valence-corrected chi connectivity index (χ2v) is 8.33. The van der Waals surface area contributed by atoms with Crippen molar-refractivity contribution in [3.8, 4) is 0 Å². The van der Waals surface area contributed by atoms with Gasteiger partial charge in [-0.15, -0.1) is 0 Å². The number of aliphatic hydroxyl groups excluding tert-OH is 1. The number of benzene rings is 2. The average Bonchev–Trinajstić information content (AvgIpc) is 3.21. The molecule has 4 rings (SSSR count). The number of carbonyl (C=O) groups excluding carboxylic acids is 2. The van der Waals surface area contributed by atoms with E-state index < -0.39 is 12.1 Å². The molecule has 3 aromatic rings. The Morgan fingerprint density at radius 3 is 2.48 bits per heavy atom. The quantitative estimate of drug-likeness (QED) is 0.574. The molecule has 6 heteroatoms. The van der Waals surface area contributed by atoms with Crippen molar-refractivity contribution >= 4 is 22.7 Å². The number of nitrogens with zero attached hydrogens (tertiary/aromatic N) is 1. The largest absolute Gasteiger partial charge is 0.388 e. The van der Waals surface area contributed by atoms with Gasteiger partial charge in [-0.3, -0.25) is 9.59 Å². The van der Waals surface area contributed by atoms with Crippen LogP contribution in [0.25, 0.3) is 10.9 Å². The predicted molar refractivity (Wildman–Crippen MR) is 120 cm³/mol. The standard InChI is InChI=1S/C25H29N3O3/c1-17(29)27-23(15-20-16-26-22-10-6-5-9-21(20)22)25(31)28-13-11-19(12-14-28)24(30)18-7-3-2-4-8-18/h2-10,16,19,23-24,26,30H,11-15H2,1H3,(H,27,29). The molecule has 162 valence electrons. The lowest BCUT2D eigenvalue weighted by molar-refractivity contribution is -0.137. The van der Waals surface area contributed by atoms with Crippen LogP contribution in [-0.2, 0) is 16.0 Å². The van der Waals surface area contributed by atoms with E-state index in [2.05, 4.69) is 10.3 Å². The zero-order chi connectivity index (χ0) is 21.8. The van der Waals surface area contributed by atoms with Crippen molar-refractivity contribution in [1.82, 2.24) is 15.2 Å². The van der Waals surface area contributed by atoms with Crippen LogP contribution in [0.2, 0.25) is 0 Å². The molecule has 0 saturated carbocycles. The van der Waals surface area contributed by atoms with E-state index in [1.54, 1.807) is 0 Å². The van der Waals surface area contributed by atoms with Gasteiger partial charge in [-0.05, 0) is 36.0 Å². The highest BCUT2D eigenvalue weighted by Crippen LogP contribution is 2.31. The predicted octanol–water partition coefficient (Wildman–Crippen LogP) is 3.19. The van der Waals surface area contributed by atoms with Crippen molar-refractivity contribution in [3.05, 3.63) is 71.9 Å². The van der Waals surface area contributed by atoms with E-state index in [1.807, 2.05) is 65.7 Å². The van der Waals surface area contributed by atoms with Crippen molar-refractivity contribution < 1.29 is 14.7 Å². The highest BCUT2D eigenvalue weighted by molar-refractivity contribution is 5.89. The topological polar surface area (TPSA) is 85.4 Å². The number of carbonyl (C=O) groups is 2. The second-order valence-electron chi connectivity index (χ2n) is 8.33. The molecule has 1 aliphatic heterocycles. The molecule has 0 aliphatic carbocycles. The molecular formula is C25H29N3O3. The van der Waals surface area contributed by atoms with Crippen LogP contribution in [0.1, 0.15) is 37.0 Å². The molecule has 0 spiro atoms. The summed E-state index contributed by atoms with van der Waals surface area (Å²) in [5.41, 5.74) is 2.95. The molecule has 6 nitrogen and oxygen atoms in total. The molecule has 1 fully saturated rings. The Balaban J connectivity index is 1.42. The van der Waals surface area contributed by atoms with Crippen LogP contribution in [0.15, 0.2) is 60.8 Å². The maximum absolute atomic E-state index is 13.3. The van der Waals surface area contributed by atoms with E-state index in [4.69, 9.17) is 0 Å². The molecule has 1 saturated heterocycles. The Bertz CT molecular complexity index is 1040. The van der Waals surface area contributed by atoms with Crippen LogP contribution in [0.3, 0.4) is 0 Å². The first-order chi connectivity index (χ1) is 15.0. The summed E-state index contributed by atoms with van der Waals surface area (Å²) < 4.78 is 0. The van der Waals surface area contributed by atoms with Gasteiger partial charge in [0, 0.05) is 43.5 Å². The van der Waals surface area contributed by atoms with E-state index in [0.717, 1.165) is 34.9 Å². The normalized spacial score (nSPS) is 16.8. The van der Waals surface area contributed by atoms with Crippen LogP contribution in [0, 0.1) is 5.92 Å². The van der Waals surface area contributed by atoms with Crippen LogP contribution in [-0.4, -0.2) is 45.9 Å². The fourth-order valence-electron chi connectivity index (χ4n) is 4.54. The van der Waals surface area contributed by atoms with E-state index in [-0.39, 0.29) is 17.7 Å². The van der Waals surface area contributed by atoms with Gasteiger partial charge in [0.15, 0.2) is 0 Å². The molecule has 2 unspecified atom stereocenters. The van der Waals surface area contributed by atoms with E-state index in [1.165, 1.54) is 6.92 Å². The first-order valence-corrected chi connectivity index (χ1v) is 10.9. The molecule has 0 bridgehead atoms. The number of amides is 2. The summed E-state index contributed by atoms with van der Waals surface area (Å²) in [7, 11) is 0. The molecular weight excluding hydrogens is 390 g/mol. The van der Waals surface area contributed by atoms with Gasteiger partial charge in [-0.2, -0.15) is 0 Å². The monoisotopic (exact) mass is 419 g/mol. The number of hydrogen-bond donors (Lipinski definition) is 3. The third-order valence-electron chi connectivity index (χ3n) is 6.21. The van der Waals surface area contributed by atoms with Crippen LogP contribution in [0.5, 0.6) is 0 Å². The minimum absolute atomic E-state index is 0.0619. The second kappa shape index (κ2) is 9.35. The number of aliphatic hydroxyl groups is 1. The first kappa shape index (κ1) is 21.1. The van der Waals surface area contributed by atoms with Gasteiger partial charge in [0.25, 0.3) is 0 Å². The van der Waals surface area contributed by atoms with Gasteiger partial charge in [-0.25, -0.2) is 0 Å². The number of likely N-dealkylation sites (tertiary alicyclic amines) is 1. The number of aromatic amines is 1. The maximum Gasteiger partial charge on any atom is 0.245 e. The number of H-pyrrole nitrogens is 1. The van der Waals surface area contributed by atoms with Gasteiger partial charge in [-0.1, -0.05) is 48.5 Å². The minimum Gasteiger partial charge on any atom is -0.388 e. The van der Waals surface area contributed by atoms with Crippen molar-refractivity contribution in [2.24, 2.45) is 5.92 Å². The van der Waals surface area contributed by atoms with Crippen molar-refractivity contribution in [3.63, 3.8) is 0 Å². The summed E-state index contributed by atoms with van der Waals surface area (Å²) in [5.74, 6) is -0.153. The number of para-hydroxylation sites is 1. The number of fused-ring (bicyclic) bond motifs is 1. The molecule has 3 N–H and O–H groups in total. The summed E-state index contributed by atoms with van der Waals surface area (Å²) in [6.07, 6.45) is 3.31. The number of piperidine rings is 1. The van der Waals surface area contributed by atoms with Crippen LogP contribution >= 0.6 is 0 Å². The minimum atomic E-state index is -0.604. The Morgan fingerprint density at radius 2 is 1.77 bits per heavy atom. The smallest absolute Gasteiger partial charge is 0.245 e. The molecule has 2 aromatic carbocycles. The lowest BCUT2D eigenvalue weighted by Crippen LogP contribution is -2.51. The van der Waals surface area contributed by atoms with Crippen LogP contribution < -0.4 is 5.32 Å². The van der Waals surface area contributed by atoms with Crippen molar-refractivity contribution in [2.75, 3.05) is 13.1 Å². The van der Waals surface area contributed by atoms with Crippen molar-refractivity contribution in [2.45, 2.75) is 38.3 Å². The summed E-state index contributed by atoms with van der Waals surface area (Å²) in [5, 5.41) is 14.6. The third kappa shape index (κ3) is 4.80. The molecule has 2 heterocycles. The summed E-state index contributed by atoms with van der Waals surface area (Å²) >= 11 is 0. The first-order valence-electron chi connectivity index (χ1n) is 10.9. The number of hydrogen-bond acceptors (Lipinski definition) is 3. The number of rotatable bonds is 6. The molecule has 31 heavy (non-hydrogen) atoms. The fraction of sp³-hybridized carbons (Fsp3) is 0.360. The van der Waals surface area contributed by atoms with Gasteiger partial charge in [0.1, 0.15) is 6.04 Å². The molecule has 2 atom stereocenters. The molecule has 2 amide bonds. The van der Waals surface area contributed by atoms with E-state index in [0.29, 0.717) is 19.5 Å². The Hall–Kier alpha value is -3.12. The maximum atomic E-state index is 13.3. The summed E-state index contributed by atoms with van der Waals surface area (Å²) in [6, 6.07) is 17.0. The SMILES string of the molecule is CC(=O)NC(Cc1c[nH]c2ccccc12)C(=O)N1CCC(C(O)c2ccccc2)CC1.